The van der Waals surface area contributed by atoms with Crippen LogP contribution in [0.3, 0.4) is 0 Å². The van der Waals surface area contributed by atoms with E-state index in [0.29, 0.717) is 12.4 Å². The van der Waals surface area contributed by atoms with Gasteiger partial charge in [0.15, 0.2) is 0 Å². The number of carbonyl (C=O) groups is 1. The molecule has 0 N–H and O–H groups in total. The number of rotatable bonds is 8. The Bertz CT molecular complexity index is 1080. The Balaban J connectivity index is 1.58. The first-order valence-electron chi connectivity index (χ1n) is 11.6. The summed E-state index contributed by atoms with van der Waals surface area (Å²) in [5, 5.41) is 0. The molecule has 1 heterocycles. The molecule has 1 fully saturated rings. The SMILES string of the molecule is CC(=O)Oc1ccc(C(=C(C)c2ccccc2)c2ccc(OCCN3CCCC3)cc2)cc1. The maximum absolute atomic E-state index is 11.3. The van der Waals surface area contributed by atoms with Gasteiger partial charge >= 0.3 is 5.97 Å². The van der Waals surface area contributed by atoms with Crippen molar-refractivity contribution in [1.82, 2.24) is 4.90 Å². The average molecular weight is 442 g/mol. The average Bonchev–Trinajstić information content (AvgIpc) is 3.35. The number of carbonyl (C=O) groups excluding carboxylic acids is 1. The molecule has 170 valence electrons. The summed E-state index contributed by atoms with van der Waals surface area (Å²) in [6, 6.07) is 26.4. The van der Waals surface area contributed by atoms with Gasteiger partial charge < -0.3 is 9.47 Å². The third-order valence-electron chi connectivity index (χ3n) is 6.00. The van der Waals surface area contributed by atoms with Crippen LogP contribution >= 0.6 is 0 Å². The van der Waals surface area contributed by atoms with Crippen molar-refractivity contribution in [2.45, 2.75) is 26.7 Å². The smallest absolute Gasteiger partial charge is 0.308 e. The zero-order valence-corrected chi connectivity index (χ0v) is 19.4. The molecule has 0 spiro atoms. The molecular formula is C29H31NO3. The standard InChI is InChI=1S/C29H31NO3/c1-22(24-8-4-3-5-9-24)29(26-12-16-28(17-13-26)33-23(2)31)25-10-14-27(15-11-25)32-21-20-30-18-6-7-19-30/h3-5,8-17H,6-7,18-21H2,1-2H3. The fourth-order valence-electron chi connectivity index (χ4n) is 4.30. The van der Waals surface area contributed by atoms with Crippen LogP contribution in [0.2, 0.25) is 0 Å². The first kappa shape index (κ1) is 22.8. The summed E-state index contributed by atoms with van der Waals surface area (Å²) in [6.07, 6.45) is 2.60. The van der Waals surface area contributed by atoms with Crippen molar-refractivity contribution in [2.75, 3.05) is 26.2 Å². The monoisotopic (exact) mass is 441 g/mol. The van der Waals surface area contributed by atoms with Gasteiger partial charge in [0.1, 0.15) is 18.1 Å². The second-order valence-corrected chi connectivity index (χ2v) is 8.41. The van der Waals surface area contributed by atoms with E-state index >= 15 is 0 Å². The molecule has 1 aliphatic heterocycles. The molecule has 0 unspecified atom stereocenters. The van der Waals surface area contributed by atoms with Gasteiger partial charge in [-0.05, 0) is 85.0 Å². The van der Waals surface area contributed by atoms with E-state index in [-0.39, 0.29) is 5.97 Å². The Hall–Kier alpha value is -3.37. The van der Waals surface area contributed by atoms with Gasteiger partial charge in [-0.15, -0.1) is 0 Å². The van der Waals surface area contributed by atoms with Gasteiger partial charge in [-0.25, -0.2) is 0 Å². The number of esters is 1. The van der Waals surface area contributed by atoms with Crippen LogP contribution < -0.4 is 9.47 Å². The lowest BCUT2D eigenvalue weighted by molar-refractivity contribution is -0.131. The molecule has 0 radical (unpaired) electrons. The van der Waals surface area contributed by atoms with E-state index in [9.17, 15) is 4.79 Å². The molecule has 1 aliphatic rings. The van der Waals surface area contributed by atoms with Crippen LogP contribution in [-0.2, 0) is 4.79 Å². The van der Waals surface area contributed by atoms with E-state index in [4.69, 9.17) is 9.47 Å². The predicted octanol–water partition coefficient (Wildman–Crippen LogP) is 6.07. The predicted molar refractivity (Wildman–Crippen MR) is 133 cm³/mol. The molecule has 4 rings (SSSR count). The summed E-state index contributed by atoms with van der Waals surface area (Å²) < 4.78 is 11.2. The summed E-state index contributed by atoms with van der Waals surface area (Å²) in [5.41, 5.74) is 5.67. The van der Waals surface area contributed by atoms with Gasteiger partial charge in [-0.1, -0.05) is 54.6 Å². The van der Waals surface area contributed by atoms with E-state index in [1.807, 2.05) is 42.5 Å². The lowest BCUT2D eigenvalue weighted by Gasteiger charge is -2.17. The zero-order chi connectivity index (χ0) is 23.0. The Morgan fingerprint density at radius 2 is 1.33 bits per heavy atom. The quantitative estimate of drug-likeness (QED) is 0.242. The van der Waals surface area contributed by atoms with Crippen LogP contribution in [0.5, 0.6) is 11.5 Å². The minimum absolute atomic E-state index is 0.320. The number of likely N-dealkylation sites (tertiary alicyclic amines) is 1. The molecule has 4 heteroatoms. The number of benzene rings is 3. The van der Waals surface area contributed by atoms with Crippen molar-refractivity contribution < 1.29 is 14.3 Å². The molecule has 0 saturated carbocycles. The minimum atomic E-state index is -0.320. The van der Waals surface area contributed by atoms with Crippen molar-refractivity contribution in [3.63, 3.8) is 0 Å². The second-order valence-electron chi connectivity index (χ2n) is 8.41. The maximum atomic E-state index is 11.3. The summed E-state index contributed by atoms with van der Waals surface area (Å²) in [7, 11) is 0. The van der Waals surface area contributed by atoms with Crippen LogP contribution in [0, 0.1) is 0 Å². The van der Waals surface area contributed by atoms with Crippen LogP contribution in [0.25, 0.3) is 11.1 Å². The van der Waals surface area contributed by atoms with E-state index in [1.54, 1.807) is 0 Å². The molecular weight excluding hydrogens is 410 g/mol. The highest BCUT2D eigenvalue weighted by atomic mass is 16.5. The highest BCUT2D eigenvalue weighted by Gasteiger charge is 2.13. The van der Waals surface area contributed by atoms with E-state index in [0.717, 1.165) is 29.0 Å². The van der Waals surface area contributed by atoms with E-state index in [1.165, 1.54) is 44.0 Å². The lowest BCUT2D eigenvalue weighted by atomic mass is 9.90. The lowest BCUT2D eigenvalue weighted by Crippen LogP contribution is -2.25. The largest absolute Gasteiger partial charge is 0.492 e. The normalized spacial score (nSPS) is 14.6. The topological polar surface area (TPSA) is 38.8 Å². The Morgan fingerprint density at radius 3 is 1.91 bits per heavy atom. The van der Waals surface area contributed by atoms with Gasteiger partial charge in [0.25, 0.3) is 0 Å². The Kier molecular flexibility index (Phi) is 7.59. The Labute approximate surface area is 196 Å². The van der Waals surface area contributed by atoms with Gasteiger partial charge in [0.05, 0.1) is 0 Å². The van der Waals surface area contributed by atoms with Crippen molar-refractivity contribution in [1.29, 1.82) is 0 Å². The number of nitrogens with zero attached hydrogens (tertiary/aromatic N) is 1. The molecule has 3 aromatic rings. The minimum Gasteiger partial charge on any atom is -0.492 e. The Morgan fingerprint density at radius 1 is 0.758 bits per heavy atom. The van der Waals surface area contributed by atoms with Crippen molar-refractivity contribution >= 4 is 17.1 Å². The highest BCUT2D eigenvalue weighted by Crippen LogP contribution is 2.33. The van der Waals surface area contributed by atoms with E-state index in [2.05, 4.69) is 48.2 Å². The maximum Gasteiger partial charge on any atom is 0.308 e. The molecule has 0 aliphatic carbocycles. The first-order chi connectivity index (χ1) is 16.1. The first-order valence-corrected chi connectivity index (χ1v) is 11.6. The molecule has 0 atom stereocenters. The summed E-state index contributed by atoms with van der Waals surface area (Å²) >= 11 is 0. The fraction of sp³-hybridized carbons (Fsp3) is 0.276. The van der Waals surface area contributed by atoms with Crippen molar-refractivity contribution in [3.8, 4) is 11.5 Å². The third-order valence-corrected chi connectivity index (χ3v) is 6.00. The summed E-state index contributed by atoms with van der Waals surface area (Å²) in [5.74, 6) is 1.11. The van der Waals surface area contributed by atoms with Crippen molar-refractivity contribution in [3.05, 3.63) is 95.6 Å². The van der Waals surface area contributed by atoms with Crippen LogP contribution in [0.4, 0.5) is 0 Å². The summed E-state index contributed by atoms with van der Waals surface area (Å²) in [4.78, 5) is 13.7. The van der Waals surface area contributed by atoms with Gasteiger partial charge in [0, 0.05) is 13.5 Å². The molecule has 0 amide bonds. The van der Waals surface area contributed by atoms with Crippen LogP contribution in [0.15, 0.2) is 78.9 Å². The number of hydrogen-bond acceptors (Lipinski definition) is 4. The third kappa shape index (κ3) is 6.11. The van der Waals surface area contributed by atoms with E-state index < -0.39 is 0 Å². The van der Waals surface area contributed by atoms with Gasteiger partial charge in [0.2, 0.25) is 0 Å². The van der Waals surface area contributed by atoms with Crippen LogP contribution in [-0.4, -0.2) is 37.1 Å². The second kappa shape index (κ2) is 11.0. The molecule has 4 nitrogen and oxygen atoms in total. The number of hydrogen-bond donors (Lipinski definition) is 0. The molecule has 3 aromatic carbocycles. The molecule has 1 saturated heterocycles. The molecule has 0 bridgehead atoms. The molecule has 0 aromatic heterocycles. The number of ether oxygens (including phenoxy) is 2. The zero-order valence-electron chi connectivity index (χ0n) is 19.4. The summed E-state index contributed by atoms with van der Waals surface area (Å²) in [6.45, 7) is 7.62. The van der Waals surface area contributed by atoms with Gasteiger partial charge in [-0.3, -0.25) is 9.69 Å². The van der Waals surface area contributed by atoms with Crippen molar-refractivity contribution in [2.24, 2.45) is 0 Å². The molecule has 33 heavy (non-hydrogen) atoms. The van der Waals surface area contributed by atoms with Gasteiger partial charge in [-0.2, -0.15) is 0 Å². The highest BCUT2D eigenvalue weighted by molar-refractivity contribution is 5.98. The fourth-order valence-corrected chi connectivity index (χ4v) is 4.30. The van der Waals surface area contributed by atoms with Crippen LogP contribution in [0.1, 0.15) is 43.4 Å². The number of allylic oxidation sites excluding steroid dienone is 1.